The highest BCUT2D eigenvalue weighted by Gasteiger charge is 2.19. The molecule has 0 heterocycles. The maximum atomic E-state index is 5.69. The van der Waals surface area contributed by atoms with E-state index in [1.807, 2.05) is 19.1 Å². The molecular weight excluding hydrogens is 250 g/mol. The standard InChI is InChI=1S/C17H29NO2/c1-6-20-16-10-8-7-9-15(16)14(2)18-13-17(3,4)11-12-19-5/h7-10,14,18H,6,11-13H2,1-5H3. The van der Waals surface area contributed by atoms with Gasteiger partial charge in [-0.15, -0.1) is 0 Å². The maximum absolute atomic E-state index is 5.69. The van der Waals surface area contributed by atoms with Crippen molar-refractivity contribution in [2.45, 2.75) is 40.2 Å². The number of para-hydroxylation sites is 1. The summed E-state index contributed by atoms with van der Waals surface area (Å²) < 4.78 is 10.9. The molecule has 1 atom stereocenters. The second kappa shape index (κ2) is 8.28. The molecule has 0 saturated carbocycles. The van der Waals surface area contributed by atoms with Crippen molar-refractivity contribution in [1.29, 1.82) is 0 Å². The van der Waals surface area contributed by atoms with Crippen LogP contribution < -0.4 is 10.1 Å². The third-order valence-corrected chi connectivity index (χ3v) is 3.56. The first kappa shape index (κ1) is 17.0. The first-order valence-corrected chi connectivity index (χ1v) is 7.44. The van der Waals surface area contributed by atoms with Crippen LogP contribution in [0.3, 0.4) is 0 Å². The van der Waals surface area contributed by atoms with E-state index in [2.05, 4.69) is 38.2 Å². The fraction of sp³-hybridized carbons (Fsp3) is 0.647. The van der Waals surface area contributed by atoms with E-state index in [1.54, 1.807) is 7.11 Å². The summed E-state index contributed by atoms with van der Waals surface area (Å²) in [7, 11) is 1.75. The zero-order chi connectivity index (χ0) is 15.0. The van der Waals surface area contributed by atoms with Gasteiger partial charge in [0.05, 0.1) is 6.61 Å². The van der Waals surface area contributed by atoms with E-state index < -0.39 is 0 Å². The molecule has 1 N–H and O–H groups in total. The lowest BCUT2D eigenvalue weighted by atomic mass is 9.89. The number of rotatable bonds is 9. The monoisotopic (exact) mass is 279 g/mol. The van der Waals surface area contributed by atoms with Crippen molar-refractivity contribution < 1.29 is 9.47 Å². The van der Waals surface area contributed by atoms with Crippen LogP contribution in [0, 0.1) is 5.41 Å². The lowest BCUT2D eigenvalue weighted by Crippen LogP contribution is -2.32. The van der Waals surface area contributed by atoms with Gasteiger partial charge in [-0.25, -0.2) is 0 Å². The van der Waals surface area contributed by atoms with Gasteiger partial charge < -0.3 is 14.8 Å². The van der Waals surface area contributed by atoms with E-state index in [-0.39, 0.29) is 11.5 Å². The molecule has 114 valence electrons. The van der Waals surface area contributed by atoms with E-state index >= 15 is 0 Å². The van der Waals surface area contributed by atoms with Crippen LogP contribution in [0.2, 0.25) is 0 Å². The number of benzene rings is 1. The van der Waals surface area contributed by atoms with Crippen LogP contribution in [0.25, 0.3) is 0 Å². The number of hydrogen-bond donors (Lipinski definition) is 1. The molecule has 1 unspecified atom stereocenters. The lowest BCUT2D eigenvalue weighted by molar-refractivity contribution is 0.149. The fourth-order valence-electron chi connectivity index (χ4n) is 2.13. The summed E-state index contributed by atoms with van der Waals surface area (Å²) in [6.07, 6.45) is 1.05. The summed E-state index contributed by atoms with van der Waals surface area (Å²) in [4.78, 5) is 0. The normalized spacial score (nSPS) is 13.2. The van der Waals surface area contributed by atoms with Crippen LogP contribution in [-0.4, -0.2) is 26.9 Å². The largest absolute Gasteiger partial charge is 0.494 e. The first-order chi connectivity index (χ1) is 9.50. The van der Waals surface area contributed by atoms with Gasteiger partial charge in [-0.05, 0) is 31.7 Å². The van der Waals surface area contributed by atoms with Crippen molar-refractivity contribution >= 4 is 0 Å². The Labute approximate surface area is 123 Å². The second-order valence-electron chi connectivity index (χ2n) is 5.98. The molecule has 0 fully saturated rings. The van der Waals surface area contributed by atoms with Gasteiger partial charge in [0.2, 0.25) is 0 Å². The van der Waals surface area contributed by atoms with Crippen molar-refractivity contribution in [3.05, 3.63) is 29.8 Å². The molecule has 0 spiro atoms. The molecule has 1 aromatic rings. The smallest absolute Gasteiger partial charge is 0.124 e. The Hall–Kier alpha value is -1.06. The van der Waals surface area contributed by atoms with Crippen LogP contribution in [0.5, 0.6) is 5.75 Å². The van der Waals surface area contributed by atoms with Crippen molar-refractivity contribution in [3.8, 4) is 5.75 Å². The zero-order valence-corrected chi connectivity index (χ0v) is 13.5. The topological polar surface area (TPSA) is 30.5 Å². The average Bonchev–Trinajstić information content (AvgIpc) is 2.44. The van der Waals surface area contributed by atoms with Crippen LogP contribution in [0.15, 0.2) is 24.3 Å². The molecule has 0 aromatic heterocycles. The molecule has 1 aromatic carbocycles. The Morgan fingerprint density at radius 1 is 1.25 bits per heavy atom. The van der Waals surface area contributed by atoms with Crippen LogP contribution in [0.1, 0.15) is 45.7 Å². The van der Waals surface area contributed by atoms with Gasteiger partial charge in [-0.3, -0.25) is 0 Å². The van der Waals surface area contributed by atoms with Crippen LogP contribution >= 0.6 is 0 Å². The third-order valence-electron chi connectivity index (χ3n) is 3.56. The second-order valence-corrected chi connectivity index (χ2v) is 5.98. The van der Waals surface area contributed by atoms with Gasteiger partial charge in [-0.1, -0.05) is 32.0 Å². The summed E-state index contributed by atoms with van der Waals surface area (Å²) >= 11 is 0. The zero-order valence-electron chi connectivity index (χ0n) is 13.5. The fourth-order valence-corrected chi connectivity index (χ4v) is 2.13. The van der Waals surface area contributed by atoms with Gasteiger partial charge in [0.25, 0.3) is 0 Å². The van der Waals surface area contributed by atoms with Crippen molar-refractivity contribution in [3.63, 3.8) is 0 Å². The Morgan fingerprint density at radius 3 is 2.60 bits per heavy atom. The van der Waals surface area contributed by atoms with E-state index in [4.69, 9.17) is 9.47 Å². The SMILES string of the molecule is CCOc1ccccc1C(C)NCC(C)(C)CCOC. The average molecular weight is 279 g/mol. The van der Waals surface area contributed by atoms with E-state index in [1.165, 1.54) is 5.56 Å². The summed E-state index contributed by atoms with van der Waals surface area (Å²) in [5, 5.41) is 3.61. The maximum Gasteiger partial charge on any atom is 0.124 e. The molecule has 0 radical (unpaired) electrons. The first-order valence-electron chi connectivity index (χ1n) is 7.44. The van der Waals surface area contributed by atoms with Gasteiger partial charge in [0.1, 0.15) is 5.75 Å². The highest BCUT2D eigenvalue weighted by atomic mass is 16.5. The van der Waals surface area contributed by atoms with Crippen LogP contribution in [-0.2, 0) is 4.74 Å². The number of hydrogen-bond acceptors (Lipinski definition) is 3. The Morgan fingerprint density at radius 2 is 1.95 bits per heavy atom. The van der Waals surface area contributed by atoms with Crippen molar-refractivity contribution in [2.24, 2.45) is 5.41 Å². The molecule has 0 aliphatic heterocycles. The summed E-state index contributed by atoms with van der Waals surface area (Å²) in [5.74, 6) is 0.977. The van der Waals surface area contributed by atoms with Gasteiger partial charge in [0, 0.05) is 31.9 Å². The molecule has 0 amide bonds. The Balaban J connectivity index is 2.60. The van der Waals surface area contributed by atoms with E-state index in [9.17, 15) is 0 Å². The number of nitrogens with one attached hydrogen (secondary N) is 1. The molecule has 0 aliphatic carbocycles. The van der Waals surface area contributed by atoms with E-state index in [0.717, 1.165) is 25.3 Å². The van der Waals surface area contributed by atoms with E-state index in [0.29, 0.717) is 6.61 Å². The quantitative estimate of drug-likeness (QED) is 0.746. The minimum Gasteiger partial charge on any atom is -0.494 e. The number of ether oxygens (including phenoxy) is 2. The highest BCUT2D eigenvalue weighted by Crippen LogP contribution is 2.26. The summed E-state index contributed by atoms with van der Waals surface area (Å²) in [5.41, 5.74) is 1.45. The van der Waals surface area contributed by atoms with Gasteiger partial charge >= 0.3 is 0 Å². The minimum absolute atomic E-state index is 0.227. The molecule has 3 heteroatoms. The van der Waals surface area contributed by atoms with Crippen LogP contribution in [0.4, 0.5) is 0 Å². The van der Waals surface area contributed by atoms with Crippen molar-refractivity contribution in [2.75, 3.05) is 26.9 Å². The van der Waals surface area contributed by atoms with Gasteiger partial charge in [0.15, 0.2) is 0 Å². The highest BCUT2D eigenvalue weighted by molar-refractivity contribution is 5.35. The van der Waals surface area contributed by atoms with Gasteiger partial charge in [-0.2, -0.15) is 0 Å². The number of methoxy groups -OCH3 is 1. The van der Waals surface area contributed by atoms with Crippen molar-refractivity contribution in [1.82, 2.24) is 5.32 Å². The summed E-state index contributed by atoms with van der Waals surface area (Å²) in [6, 6.07) is 8.52. The molecule has 0 aliphatic rings. The minimum atomic E-state index is 0.227. The third kappa shape index (κ3) is 5.51. The molecule has 3 nitrogen and oxygen atoms in total. The molecular formula is C17H29NO2. The Kier molecular flexibility index (Phi) is 7.03. The predicted octanol–water partition coefficient (Wildman–Crippen LogP) is 3.80. The molecule has 0 bridgehead atoms. The molecule has 1 rings (SSSR count). The predicted molar refractivity (Wildman–Crippen MR) is 84.3 cm³/mol. The Bertz CT molecular complexity index is 390. The summed E-state index contributed by atoms with van der Waals surface area (Å²) in [6.45, 7) is 11.2. The molecule has 20 heavy (non-hydrogen) atoms. The molecule has 0 saturated heterocycles. The lowest BCUT2D eigenvalue weighted by Gasteiger charge is -2.27.